The zero-order chi connectivity index (χ0) is 20.7. The molecule has 28 heavy (non-hydrogen) atoms. The number of hydrogen-bond acceptors (Lipinski definition) is 5. The topological polar surface area (TPSA) is 110 Å². The molecule has 0 aliphatic heterocycles. The van der Waals surface area contributed by atoms with E-state index in [2.05, 4.69) is 4.98 Å². The Morgan fingerprint density at radius 3 is 2.57 bits per heavy atom. The number of carbonyl (C=O) groups is 1. The number of rotatable bonds is 9. The first-order valence-electron chi connectivity index (χ1n) is 9.37. The summed E-state index contributed by atoms with van der Waals surface area (Å²) in [5.74, 6) is -0.540. The summed E-state index contributed by atoms with van der Waals surface area (Å²) < 4.78 is 6.37. The maximum absolute atomic E-state index is 13.0. The molecule has 0 bridgehead atoms. The maximum atomic E-state index is 13.0. The van der Waals surface area contributed by atoms with Gasteiger partial charge >= 0.3 is 5.69 Å². The molecule has 152 valence electrons. The van der Waals surface area contributed by atoms with Crippen LogP contribution in [0.5, 0.6) is 0 Å². The summed E-state index contributed by atoms with van der Waals surface area (Å²) in [5.41, 5.74) is 5.77. The molecular formula is C20H28N4O4. The Hall–Kier alpha value is -2.87. The summed E-state index contributed by atoms with van der Waals surface area (Å²) in [6.07, 6.45) is 1.52. The van der Waals surface area contributed by atoms with E-state index in [0.717, 1.165) is 12.0 Å². The Balaban J connectivity index is 2.53. The molecule has 8 nitrogen and oxygen atoms in total. The first-order valence-corrected chi connectivity index (χ1v) is 9.37. The van der Waals surface area contributed by atoms with Gasteiger partial charge in [-0.3, -0.25) is 19.1 Å². The van der Waals surface area contributed by atoms with Crippen molar-refractivity contribution in [1.82, 2.24) is 9.55 Å². The highest BCUT2D eigenvalue weighted by Crippen LogP contribution is 2.21. The van der Waals surface area contributed by atoms with Gasteiger partial charge in [-0.05, 0) is 12.0 Å². The molecule has 3 N–H and O–H groups in total. The molecule has 2 rings (SSSR count). The minimum Gasteiger partial charge on any atom is -0.383 e. The number of nitrogens with one attached hydrogen (secondary N) is 1. The summed E-state index contributed by atoms with van der Waals surface area (Å²) >= 11 is 0. The second-order valence-corrected chi connectivity index (χ2v) is 6.74. The van der Waals surface area contributed by atoms with Crippen LogP contribution in [0, 0.1) is 5.92 Å². The molecule has 1 heterocycles. The van der Waals surface area contributed by atoms with Gasteiger partial charge in [0.25, 0.3) is 5.56 Å². The van der Waals surface area contributed by atoms with Crippen molar-refractivity contribution in [2.75, 3.05) is 30.9 Å². The molecule has 1 unspecified atom stereocenters. The molecule has 1 amide bonds. The highest BCUT2D eigenvalue weighted by Gasteiger charge is 2.27. The number of methoxy groups -OCH3 is 1. The van der Waals surface area contributed by atoms with Crippen LogP contribution in [0.3, 0.4) is 0 Å². The van der Waals surface area contributed by atoms with Crippen LogP contribution < -0.4 is 21.9 Å². The van der Waals surface area contributed by atoms with Crippen LogP contribution in [0.4, 0.5) is 11.5 Å². The number of aromatic nitrogens is 2. The number of carbonyl (C=O) groups excluding carboxylic acids is 1. The van der Waals surface area contributed by atoms with Crippen molar-refractivity contribution in [1.29, 1.82) is 0 Å². The molecule has 1 atom stereocenters. The fraction of sp³-hybridized carbons (Fsp3) is 0.450. The number of nitrogen functional groups attached to an aromatic ring is 1. The lowest BCUT2D eigenvalue weighted by Gasteiger charge is -2.26. The van der Waals surface area contributed by atoms with E-state index in [9.17, 15) is 14.4 Å². The molecule has 0 radical (unpaired) electrons. The quantitative estimate of drug-likeness (QED) is 0.678. The lowest BCUT2D eigenvalue weighted by Crippen LogP contribution is -2.44. The monoisotopic (exact) mass is 388 g/mol. The van der Waals surface area contributed by atoms with Crippen LogP contribution in [0.25, 0.3) is 0 Å². The van der Waals surface area contributed by atoms with Gasteiger partial charge < -0.3 is 15.4 Å². The SMILES string of the molecule is CCCC(C)C(=O)N(CCOC)c1c(N)n(Cc2ccccc2)c(=O)[nH]c1=O. The van der Waals surface area contributed by atoms with E-state index in [0.29, 0.717) is 6.42 Å². The number of ether oxygens (including phenoxy) is 1. The van der Waals surface area contributed by atoms with E-state index in [4.69, 9.17) is 10.5 Å². The average Bonchev–Trinajstić information content (AvgIpc) is 2.68. The highest BCUT2D eigenvalue weighted by atomic mass is 16.5. The molecule has 1 aromatic heterocycles. The van der Waals surface area contributed by atoms with E-state index >= 15 is 0 Å². The number of hydrogen-bond donors (Lipinski definition) is 2. The Morgan fingerprint density at radius 1 is 1.29 bits per heavy atom. The molecule has 0 spiro atoms. The fourth-order valence-corrected chi connectivity index (χ4v) is 3.10. The number of nitrogens with two attached hydrogens (primary N) is 1. The largest absolute Gasteiger partial charge is 0.383 e. The third-order valence-corrected chi connectivity index (χ3v) is 4.60. The van der Waals surface area contributed by atoms with E-state index in [1.165, 1.54) is 16.6 Å². The summed E-state index contributed by atoms with van der Waals surface area (Å²) in [6.45, 7) is 4.40. The third-order valence-electron chi connectivity index (χ3n) is 4.60. The van der Waals surface area contributed by atoms with Gasteiger partial charge in [-0.1, -0.05) is 50.6 Å². The van der Waals surface area contributed by atoms with Crippen molar-refractivity contribution in [3.8, 4) is 0 Å². The van der Waals surface area contributed by atoms with E-state index in [-0.39, 0.29) is 43.0 Å². The van der Waals surface area contributed by atoms with Gasteiger partial charge in [-0.2, -0.15) is 0 Å². The minimum atomic E-state index is -0.681. The van der Waals surface area contributed by atoms with E-state index in [1.807, 2.05) is 44.2 Å². The number of anilines is 2. The van der Waals surface area contributed by atoms with E-state index in [1.54, 1.807) is 0 Å². The van der Waals surface area contributed by atoms with Gasteiger partial charge in [-0.15, -0.1) is 0 Å². The number of benzene rings is 1. The smallest absolute Gasteiger partial charge is 0.330 e. The zero-order valence-electron chi connectivity index (χ0n) is 16.6. The van der Waals surface area contributed by atoms with Crippen LogP contribution in [0.15, 0.2) is 39.9 Å². The first kappa shape index (κ1) is 21.4. The number of nitrogens with zero attached hydrogens (tertiary/aromatic N) is 2. The fourth-order valence-electron chi connectivity index (χ4n) is 3.10. The van der Waals surface area contributed by atoms with Gasteiger partial charge in [0.05, 0.1) is 13.2 Å². The summed E-state index contributed by atoms with van der Waals surface area (Å²) in [6, 6.07) is 9.28. The van der Waals surface area contributed by atoms with Crippen molar-refractivity contribution in [2.45, 2.75) is 33.2 Å². The minimum absolute atomic E-state index is 0.0134. The Labute approximate surface area is 163 Å². The van der Waals surface area contributed by atoms with Crippen molar-refractivity contribution in [3.05, 3.63) is 56.7 Å². The molecule has 1 aromatic carbocycles. The van der Waals surface area contributed by atoms with Gasteiger partial charge in [0.1, 0.15) is 5.82 Å². The van der Waals surface area contributed by atoms with Gasteiger partial charge in [0, 0.05) is 19.6 Å². The molecule has 0 aliphatic carbocycles. The van der Waals surface area contributed by atoms with Crippen molar-refractivity contribution in [3.63, 3.8) is 0 Å². The molecule has 0 fully saturated rings. The first-order chi connectivity index (χ1) is 13.4. The molecule has 0 aliphatic rings. The van der Waals surface area contributed by atoms with Crippen molar-refractivity contribution in [2.24, 2.45) is 5.92 Å². The standard InChI is InChI=1S/C20H28N4O4/c1-4-8-14(2)19(26)23(11-12-28-3)16-17(21)24(20(27)22-18(16)25)13-15-9-6-5-7-10-15/h5-7,9-10,14H,4,8,11-13,21H2,1-3H3,(H,22,25,27). The Morgan fingerprint density at radius 2 is 1.96 bits per heavy atom. The average molecular weight is 388 g/mol. The molecular weight excluding hydrogens is 360 g/mol. The zero-order valence-corrected chi connectivity index (χ0v) is 16.6. The van der Waals surface area contributed by atoms with Gasteiger partial charge in [-0.25, -0.2) is 4.79 Å². The van der Waals surface area contributed by atoms with E-state index < -0.39 is 11.2 Å². The maximum Gasteiger partial charge on any atom is 0.330 e. The van der Waals surface area contributed by atoms with Crippen molar-refractivity contribution >= 4 is 17.4 Å². The van der Waals surface area contributed by atoms with Gasteiger partial charge in [0.2, 0.25) is 5.91 Å². The van der Waals surface area contributed by atoms with Crippen LogP contribution in [-0.4, -0.2) is 35.7 Å². The third kappa shape index (κ3) is 4.89. The summed E-state index contributed by atoms with van der Waals surface area (Å²) in [7, 11) is 1.52. The second-order valence-electron chi connectivity index (χ2n) is 6.74. The number of H-pyrrole nitrogens is 1. The molecule has 0 saturated heterocycles. The van der Waals surface area contributed by atoms with Crippen LogP contribution in [0.2, 0.25) is 0 Å². The van der Waals surface area contributed by atoms with Crippen LogP contribution in [0.1, 0.15) is 32.3 Å². The number of aromatic amines is 1. The van der Waals surface area contributed by atoms with Crippen LogP contribution >= 0.6 is 0 Å². The Bertz CT molecular complexity index is 905. The summed E-state index contributed by atoms with van der Waals surface area (Å²) in [5, 5.41) is 0. The molecule has 0 saturated carbocycles. The highest BCUT2D eigenvalue weighted by molar-refractivity contribution is 5.96. The Kier molecular flexibility index (Phi) is 7.57. The molecule has 8 heteroatoms. The molecule has 2 aromatic rings. The van der Waals surface area contributed by atoms with Gasteiger partial charge in [0.15, 0.2) is 5.69 Å². The van der Waals surface area contributed by atoms with Crippen molar-refractivity contribution < 1.29 is 9.53 Å². The predicted molar refractivity (Wildman–Crippen MR) is 110 cm³/mol. The normalized spacial score (nSPS) is 12.0. The summed E-state index contributed by atoms with van der Waals surface area (Å²) in [4.78, 5) is 41.5. The lowest BCUT2D eigenvalue weighted by atomic mass is 10.0. The van der Waals surface area contributed by atoms with Crippen LogP contribution in [-0.2, 0) is 16.1 Å². The second kappa shape index (κ2) is 9.89. The number of amides is 1. The predicted octanol–water partition coefficient (Wildman–Crippen LogP) is 1.58. The lowest BCUT2D eigenvalue weighted by molar-refractivity contribution is -0.122.